The van der Waals surface area contributed by atoms with Gasteiger partial charge in [0.2, 0.25) is 0 Å². The SMILES string of the molecule is CC(=O)COC(=O)C1[C@H](c2ccccc2)C(C(=O)O)[C@H]1c1ccccc1.CC(C)OC(=O)C1[C@H](c2ccccc2)C(C(=O)O)[C@H]1c1ccccc1.CCCCCCCCOC(=O)C1[C@H](c2ccccc2)C(C(=O)O)[C@H]1c1ccccc1.CCCCCOC(=O)C1[C@H](c2ccccc2)C(C(=O)O)[C@H]1c1ccccc1. The van der Waals surface area contributed by atoms with Crippen molar-refractivity contribution >= 4 is 53.5 Å². The van der Waals surface area contributed by atoms with Crippen molar-refractivity contribution in [3.63, 3.8) is 0 Å². The number of ketones is 1. The van der Waals surface area contributed by atoms with Crippen molar-refractivity contribution in [2.75, 3.05) is 19.8 Å². The van der Waals surface area contributed by atoms with Crippen LogP contribution in [0.3, 0.4) is 0 Å². The molecule has 8 atom stereocenters. The molecule has 4 aliphatic carbocycles. The molecular formula is C91H100O17. The summed E-state index contributed by atoms with van der Waals surface area (Å²) in [5, 5.41) is 39.5. The third-order valence-electron chi connectivity index (χ3n) is 21.4. The van der Waals surface area contributed by atoms with Crippen molar-refractivity contribution in [2.24, 2.45) is 47.3 Å². The minimum Gasteiger partial charge on any atom is -0.481 e. The molecule has 12 rings (SSSR count). The lowest BCUT2D eigenvalue weighted by molar-refractivity contribution is -0.168. The standard InChI is InChI=1S/C26H32O4.C23H26O4.C21H20O5.C21H22O4/c1-2-3-4-5-6-13-18-30-26(29)24-21(19-14-9-7-10-15-19)23(25(27)28)22(24)20-16-11-8-12-17-20;1-2-3-10-15-27-23(26)21-18(16-11-6-4-7-12-16)20(22(24)25)19(21)17-13-8-5-9-14-17;1-13(22)12-26-21(25)19-16(14-8-4-2-5-9-14)18(20(23)24)17(19)15-10-6-3-7-11-15;1-13(2)25-21(24)19-16(14-9-5-3-6-10-14)18(20(22)23)17(19)15-11-7-4-8-12-15/h7-12,14-17,21-24H,2-6,13,18H2,1H3,(H,27,28);4-9,11-14,18-21H,2-3,10,15H2,1H3,(H,24,25);2-11,16-19H,12H2,1H3,(H,23,24);3-13,16-19H,1-2H3,(H,22,23)/t21-,22-,23?,24?;18-,19-,20?,21?;2*16-,17-,18?,19?/m1111/s1. The zero-order valence-electron chi connectivity index (χ0n) is 62.0. The van der Waals surface area contributed by atoms with Crippen LogP contribution in [0.5, 0.6) is 0 Å². The molecule has 4 fully saturated rings. The topological polar surface area (TPSA) is 271 Å². The second-order valence-electron chi connectivity index (χ2n) is 28.7. The van der Waals surface area contributed by atoms with E-state index in [1.165, 1.54) is 26.2 Å². The number of Topliss-reactive ketones (excluding diaryl/α,β-unsaturated/α-hetero) is 1. The number of rotatable bonds is 30. The second-order valence-corrected chi connectivity index (χ2v) is 28.7. The maximum atomic E-state index is 13.1. The Bertz CT molecular complexity index is 3990. The molecule has 0 bridgehead atoms. The first kappa shape index (κ1) is 81.3. The Labute approximate surface area is 633 Å². The van der Waals surface area contributed by atoms with Gasteiger partial charge in [0, 0.05) is 47.3 Å². The molecule has 0 heterocycles. The molecule has 4 N–H and O–H groups in total. The molecule has 0 aliphatic heterocycles. The van der Waals surface area contributed by atoms with Crippen LogP contribution in [0.4, 0.5) is 0 Å². The fourth-order valence-electron chi connectivity index (χ4n) is 16.5. The highest BCUT2D eigenvalue weighted by molar-refractivity contribution is 5.88. The molecule has 0 aromatic heterocycles. The summed E-state index contributed by atoms with van der Waals surface area (Å²) in [5.74, 6) is -13.1. The molecule has 0 unspecified atom stereocenters. The van der Waals surface area contributed by atoms with E-state index in [1.54, 1.807) is 13.8 Å². The van der Waals surface area contributed by atoms with Gasteiger partial charge >= 0.3 is 47.8 Å². The fourth-order valence-corrected chi connectivity index (χ4v) is 16.5. The Morgan fingerprint density at radius 3 is 0.685 bits per heavy atom. The molecule has 0 saturated heterocycles. The minimum atomic E-state index is -0.941. The summed E-state index contributed by atoms with van der Waals surface area (Å²) < 4.78 is 21.8. The number of carbonyl (C=O) groups excluding carboxylic acids is 5. The summed E-state index contributed by atoms with van der Waals surface area (Å²) in [7, 11) is 0. The van der Waals surface area contributed by atoms with Gasteiger partial charge < -0.3 is 39.4 Å². The van der Waals surface area contributed by atoms with Gasteiger partial charge in [-0.05, 0) is 78.1 Å². The number of carboxylic acid groups (broad SMARTS) is 4. The van der Waals surface area contributed by atoms with Crippen molar-refractivity contribution in [3.8, 4) is 0 Å². The average Bonchev–Trinajstić information content (AvgIpc) is 0.748. The summed E-state index contributed by atoms with van der Waals surface area (Å²) in [6, 6.07) is 75.0. The monoisotopic (exact) mass is 1460 g/mol. The van der Waals surface area contributed by atoms with Crippen LogP contribution >= 0.6 is 0 Å². The summed E-state index contributed by atoms with van der Waals surface area (Å²) in [5.41, 5.74) is 6.85. The number of ether oxygens (including phenoxy) is 4. The molecule has 108 heavy (non-hydrogen) atoms. The first-order valence-electron chi connectivity index (χ1n) is 37.8. The largest absolute Gasteiger partial charge is 0.481 e. The molecule has 0 radical (unpaired) electrons. The van der Waals surface area contributed by atoms with Crippen LogP contribution in [0.2, 0.25) is 0 Å². The fraction of sp³-hybridized carbons (Fsp3) is 0.374. The van der Waals surface area contributed by atoms with E-state index >= 15 is 0 Å². The summed E-state index contributed by atoms with van der Waals surface area (Å²) in [6.45, 7) is 9.75. The van der Waals surface area contributed by atoms with Crippen LogP contribution in [0.1, 0.15) is 184 Å². The van der Waals surface area contributed by atoms with Crippen LogP contribution in [-0.2, 0) is 62.1 Å². The lowest BCUT2D eigenvalue weighted by Gasteiger charge is -2.49. The molecular weight excluding hydrogens is 1360 g/mol. The molecule has 8 aromatic carbocycles. The van der Waals surface area contributed by atoms with Gasteiger partial charge in [-0.25, -0.2) is 0 Å². The number of unbranched alkanes of at least 4 members (excludes halogenated alkanes) is 7. The number of carbonyl (C=O) groups is 9. The Hall–Kier alpha value is -10.8. The van der Waals surface area contributed by atoms with Crippen molar-refractivity contribution in [2.45, 2.75) is 146 Å². The van der Waals surface area contributed by atoms with Crippen molar-refractivity contribution in [1.82, 2.24) is 0 Å². The first-order chi connectivity index (χ1) is 52.3. The third-order valence-corrected chi connectivity index (χ3v) is 21.4. The lowest BCUT2D eigenvalue weighted by Crippen LogP contribution is -2.51. The van der Waals surface area contributed by atoms with Gasteiger partial charge in [-0.3, -0.25) is 43.2 Å². The Balaban J connectivity index is 0.000000166. The van der Waals surface area contributed by atoms with Crippen molar-refractivity contribution in [3.05, 3.63) is 287 Å². The molecule has 4 saturated carbocycles. The van der Waals surface area contributed by atoms with E-state index in [-0.39, 0.29) is 71.9 Å². The van der Waals surface area contributed by atoms with Gasteiger partial charge in [-0.15, -0.1) is 0 Å². The summed E-state index contributed by atoms with van der Waals surface area (Å²) >= 11 is 0. The van der Waals surface area contributed by atoms with Crippen LogP contribution in [0.15, 0.2) is 243 Å². The van der Waals surface area contributed by atoms with E-state index in [0.717, 1.165) is 83.0 Å². The van der Waals surface area contributed by atoms with E-state index in [9.17, 15) is 63.6 Å². The molecule has 566 valence electrons. The normalized spacial score (nSPS) is 24.1. The molecule has 8 aromatic rings. The summed E-state index contributed by atoms with van der Waals surface area (Å²) in [6.07, 6.45) is 9.43. The lowest BCUT2D eigenvalue weighted by atomic mass is 9.52. The van der Waals surface area contributed by atoms with Gasteiger partial charge in [0.1, 0.15) is 6.61 Å². The number of aliphatic carboxylic acids is 4. The zero-order valence-corrected chi connectivity index (χ0v) is 62.0. The molecule has 17 heteroatoms. The number of hydrogen-bond acceptors (Lipinski definition) is 13. The highest BCUT2D eigenvalue weighted by Crippen LogP contribution is 2.62. The number of esters is 4. The van der Waals surface area contributed by atoms with Crippen molar-refractivity contribution < 1.29 is 82.5 Å². The Kier molecular flexibility index (Phi) is 30.3. The highest BCUT2D eigenvalue weighted by atomic mass is 16.6. The van der Waals surface area contributed by atoms with E-state index in [1.807, 2.05) is 243 Å². The first-order valence-corrected chi connectivity index (χ1v) is 37.8. The molecule has 0 amide bonds. The smallest absolute Gasteiger partial charge is 0.310 e. The molecule has 4 aliphatic rings. The van der Waals surface area contributed by atoms with E-state index in [0.29, 0.717) is 13.2 Å². The van der Waals surface area contributed by atoms with Crippen LogP contribution in [0, 0.1) is 47.3 Å². The van der Waals surface area contributed by atoms with E-state index < -0.39 is 89.0 Å². The quantitative estimate of drug-likeness (QED) is 0.0185. The van der Waals surface area contributed by atoms with E-state index in [2.05, 4.69) is 13.8 Å². The van der Waals surface area contributed by atoms with E-state index in [4.69, 9.17) is 18.9 Å². The van der Waals surface area contributed by atoms with Crippen LogP contribution < -0.4 is 0 Å². The second kappa shape index (κ2) is 40.2. The number of hydrogen-bond donors (Lipinski definition) is 4. The Morgan fingerprint density at radius 2 is 0.472 bits per heavy atom. The van der Waals surface area contributed by atoms with Crippen LogP contribution in [0.25, 0.3) is 0 Å². The predicted octanol–water partition coefficient (Wildman–Crippen LogP) is 17.3. The predicted molar refractivity (Wildman–Crippen MR) is 410 cm³/mol. The maximum absolute atomic E-state index is 13.1. The molecule has 0 spiro atoms. The number of carboxylic acids is 4. The van der Waals surface area contributed by atoms with Gasteiger partial charge in [-0.1, -0.05) is 301 Å². The third kappa shape index (κ3) is 20.1. The van der Waals surface area contributed by atoms with Gasteiger partial charge in [0.05, 0.1) is 66.7 Å². The minimum absolute atomic E-state index is 0.232. The summed E-state index contributed by atoms with van der Waals surface area (Å²) in [4.78, 5) is 111. The maximum Gasteiger partial charge on any atom is 0.310 e. The molecule has 17 nitrogen and oxygen atoms in total. The van der Waals surface area contributed by atoms with Crippen molar-refractivity contribution in [1.29, 1.82) is 0 Å². The Morgan fingerprint density at radius 1 is 0.278 bits per heavy atom. The van der Waals surface area contributed by atoms with Crippen LogP contribution in [-0.4, -0.2) is 99.9 Å². The number of benzene rings is 8. The zero-order chi connectivity index (χ0) is 77.2. The average molecular weight is 1470 g/mol. The van der Waals surface area contributed by atoms with Gasteiger partial charge in [-0.2, -0.15) is 0 Å². The highest BCUT2D eigenvalue weighted by Gasteiger charge is 2.62. The van der Waals surface area contributed by atoms with Gasteiger partial charge in [0.15, 0.2) is 5.78 Å². The van der Waals surface area contributed by atoms with Gasteiger partial charge in [0.25, 0.3) is 0 Å².